The highest BCUT2D eigenvalue weighted by Crippen LogP contribution is 2.21. The first-order chi connectivity index (χ1) is 14.3. The molecule has 3 aromatic rings. The summed E-state index contributed by atoms with van der Waals surface area (Å²) in [6, 6.07) is 6.43. The van der Waals surface area contributed by atoms with Crippen molar-refractivity contribution in [2.75, 3.05) is 10.6 Å². The summed E-state index contributed by atoms with van der Waals surface area (Å²) in [7, 11) is 0. The predicted molar refractivity (Wildman–Crippen MR) is 109 cm³/mol. The van der Waals surface area contributed by atoms with E-state index in [1.807, 2.05) is 19.9 Å². The van der Waals surface area contributed by atoms with Crippen LogP contribution in [0.5, 0.6) is 0 Å². The van der Waals surface area contributed by atoms with Gasteiger partial charge in [0.1, 0.15) is 6.04 Å². The van der Waals surface area contributed by atoms with E-state index < -0.39 is 17.9 Å². The second kappa shape index (κ2) is 8.94. The molecule has 0 fully saturated rings. The van der Waals surface area contributed by atoms with E-state index in [1.165, 1.54) is 4.80 Å². The van der Waals surface area contributed by atoms with E-state index >= 15 is 0 Å². The molecule has 156 valence electrons. The van der Waals surface area contributed by atoms with E-state index in [2.05, 4.69) is 36.0 Å². The van der Waals surface area contributed by atoms with E-state index in [1.54, 1.807) is 30.6 Å². The first-order valence-electron chi connectivity index (χ1n) is 9.17. The topological polar surface area (TPSA) is 180 Å². The van der Waals surface area contributed by atoms with Gasteiger partial charge in [0.05, 0.1) is 18.1 Å². The molecule has 3 rings (SSSR count). The molecule has 0 spiro atoms. The molecule has 2 heterocycles. The minimum absolute atomic E-state index is 0.0387. The quantitative estimate of drug-likeness (QED) is 0.393. The number of hydrogen-bond donors (Lipinski definition) is 4. The third-order valence-electron chi connectivity index (χ3n) is 4.03. The standard InChI is InChI=1S/C18H22N10O2/c1-10(2)8-13(15(19)29)24-18-25-17(14(16(20)30)26-27-18)23-11-4-3-5-12(9-11)28-21-6-7-22-28/h3-7,9-10,13H,8H2,1-2H3,(H2,19,29)(H2,20,30)(H2,23,24,25,27)/t13-/m1/s1. The minimum Gasteiger partial charge on any atom is -0.368 e. The van der Waals surface area contributed by atoms with E-state index in [0.29, 0.717) is 17.8 Å². The Morgan fingerprint density at radius 2 is 1.87 bits per heavy atom. The fraction of sp³-hybridized carbons (Fsp3) is 0.278. The number of primary amides is 2. The molecule has 6 N–H and O–H groups in total. The SMILES string of the molecule is CC(C)C[C@@H](Nc1nnc(C(N)=O)c(Nc2cccc(-n3nccn3)c2)n1)C(N)=O. The summed E-state index contributed by atoms with van der Waals surface area (Å²) >= 11 is 0. The molecule has 0 aliphatic carbocycles. The van der Waals surface area contributed by atoms with Gasteiger partial charge >= 0.3 is 0 Å². The Morgan fingerprint density at radius 3 is 2.50 bits per heavy atom. The zero-order valence-corrected chi connectivity index (χ0v) is 16.5. The Kier molecular flexibility index (Phi) is 6.15. The van der Waals surface area contributed by atoms with Crippen LogP contribution in [0.15, 0.2) is 36.7 Å². The molecule has 1 atom stereocenters. The first-order valence-corrected chi connectivity index (χ1v) is 9.17. The largest absolute Gasteiger partial charge is 0.368 e. The van der Waals surface area contributed by atoms with Crippen molar-refractivity contribution >= 4 is 29.3 Å². The third-order valence-corrected chi connectivity index (χ3v) is 4.03. The van der Waals surface area contributed by atoms with Crippen molar-refractivity contribution in [3.05, 3.63) is 42.4 Å². The molecule has 0 bridgehead atoms. The molecule has 12 heteroatoms. The molecular weight excluding hydrogens is 388 g/mol. The summed E-state index contributed by atoms with van der Waals surface area (Å²) in [6.45, 7) is 3.92. The summed E-state index contributed by atoms with van der Waals surface area (Å²) < 4.78 is 0. The van der Waals surface area contributed by atoms with Gasteiger partial charge in [0.25, 0.3) is 5.91 Å². The average molecular weight is 410 g/mol. The van der Waals surface area contributed by atoms with Crippen molar-refractivity contribution in [3.8, 4) is 5.69 Å². The Morgan fingerprint density at radius 1 is 1.13 bits per heavy atom. The van der Waals surface area contributed by atoms with Crippen molar-refractivity contribution in [1.82, 2.24) is 30.2 Å². The number of carbonyl (C=O) groups is 2. The zero-order valence-electron chi connectivity index (χ0n) is 16.5. The fourth-order valence-electron chi connectivity index (χ4n) is 2.71. The van der Waals surface area contributed by atoms with Crippen LogP contribution in [-0.4, -0.2) is 48.0 Å². The minimum atomic E-state index is -0.803. The first kappa shape index (κ1) is 20.6. The number of aromatic nitrogens is 6. The van der Waals surface area contributed by atoms with Gasteiger partial charge in [-0.3, -0.25) is 9.59 Å². The van der Waals surface area contributed by atoms with Crippen LogP contribution in [0.3, 0.4) is 0 Å². The number of nitrogens with zero attached hydrogens (tertiary/aromatic N) is 6. The summed E-state index contributed by atoms with van der Waals surface area (Å²) in [5.41, 5.74) is 12.0. The van der Waals surface area contributed by atoms with Gasteiger partial charge in [-0.15, -0.1) is 10.2 Å². The van der Waals surface area contributed by atoms with Crippen molar-refractivity contribution in [2.24, 2.45) is 17.4 Å². The van der Waals surface area contributed by atoms with Gasteiger partial charge in [-0.25, -0.2) is 0 Å². The van der Waals surface area contributed by atoms with E-state index in [-0.39, 0.29) is 23.4 Å². The number of amides is 2. The van der Waals surface area contributed by atoms with Gasteiger partial charge in [0.15, 0.2) is 11.5 Å². The normalized spacial score (nSPS) is 11.8. The van der Waals surface area contributed by atoms with Crippen LogP contribution in [-0.2, 0) is 4.79 Å². The zero-order chi connectivity index (χ0) is 21.7. The second-order valence-corrected chi connectivity index (χ2v) is 6.92. The van der Waals surface area contributed by atoms with Gasteiger partial charge in [0.2, 0.25) is 11.9 Å². The molecule has 2 aromatic heterocycles. The predicted octanol–water partition coefficient (Wildman–Crippen LogP) is 0.607. The van der Waals surface area contributed by atoms with Crippen molar-refractivity contribution < 1.29 is 9.59 Å². The van der Waals surface area contributed by atoms with Gasteiger partial charge in [-0.2, -0.15) is 20.0 Å². The lowest BCUT2D eigenvalue weighted by Crippen LogP contribution is -2.37. The van der Waals surface area contributed by atoms with Crippen LogP contribution >= 0.6 is 0 Å². The number of carbonyl (C=O) groups excluding carboxylic acids is 2. The third kappa shape index (κ3) is 5.04. The second-order valence-electron chi connectivity index (χ2n) is 6.92. The monoisotopic (exact) mass is 410 g/mol. The number of benzene rings is 1. The maximum absolute atomic E-state index is 11.8. The lowest BCUT2D eigenvalue weighted by molar-refractivity contribution is -0.119. The van der Waals surface area contributed by atoms with E-state index in [4.69, 9.17) is 11.5 Å². The molecule has 2 amide bonds. The number of hydrogen-bond acceptors (Lipinski definition) is 9. The molecule has 0 aliphatic rings. The van der Waals surface area contributed by atoms with Crippen LogP contribution in [0, 0.1) is 5.92 Å². The molecule has 0 saturated heterocycles. The number of nitrogens with one attached hydrogen (secondary N) is 2. The smallest absolute Gasteiger partial charge is 0.273 e. The molecule has 0 saturated carbocycles. The molecule has 0 radical (unpaired) electrons. The molecule has 30 heavy (non-hydrogen) atoms. The van der Waals surface area contributed by atoms with Gasteiger partial charge in [-0.05, 0) is 30.5 Å². The Labute approximate surface area is 172 Å². The van der Waals surface area contributed by atoms with Crippen molar-refractivity contribution in [3.63, 3.8) is 0 Å². The molecule has 12 nitrogen and oxygen atoms in total. The molecule has 0 aliphatic heterocycles. The maximum Gasteiger partial charge on any atom is 0.273 e. The Balaban J connectivity index is 1.89. The van der Waals surface area contributed by atoms with Crippen LogP contribution in [0.25, 0.3) is 5.69 Å². The van der Waals surface area contributed by atoms with Crippen LogP contribution in [0.4, 0.5) is 17.5 Å². The molecule has 1 aromatic carbocycles. The number of rotatable bonds is 9. The van der Waals surface area contributed by atoms with Gasteiger partial charge in [-0.1, -0.05) is 19.9 Å². The van der Waals surface area contributed by atoms with Crippen LogP contribution < -0.4 is 22.1 Å². The highest BCUT2D eigenvalue weighted by Gasteiger charge is 2.20. The van der Waals surface area contributed by atoms with Crippen molar-refractivity contribution in [1.29, 1.82) is 0 Å². The van der Waals surface area contributed by atoms with E-state index in [0.717, 1.165) is 0 Å². The maximum atomic E-state index is 11.8. The highest BCUT2D eigenvalue weighted by molar-refractivity contribution is 5.96. The molecule has 0 unspecified atom stereocenters. The van der Waals surface area contributed by atoms with E-state index in [9.17, 15) is 9.59 Å². The summed E-state index contributed by atoms with van der Waals surface area (Å²) in [6.07, 6.45) is 3.60. The Hall–Kier alpha value is -4.09. The Bertz CT molecular complexity index is 1040. The van der Waals surface area contributed by atoms with Crippen molar-refractivity contribution in [2.45, 2.75) is 26.3 Å². The fourth-order valence-corrected chi connectivity index (χ4v) is 2.71. The summed E-state index contributed by atoms with van der Waals surface area (Å²) in [5, 5.41) is 21.7. The summed E-state index contributed by atoms with van der Waals surface area (Å²) in [4.78, 5) is 29.2. The summed E-state index contributed by atoms with van der Waals surface area (Å²) in [5.74, 6) is -1.01. The van der Waals surface area contributed by atoms with Gasteiger partial charge < -0.3 is 22.1 Å². The van der Waals surface area contributed by atoms with Crippen LogP contribution in [0.1, 0.15) is 30.8 Å². The molecular formula is C18H22N10O2. The van der Waals surface area contributed by atoms with Crippen LogP contribution in [0.2, 0.25) is 0 Å². The number of nitrogens with two attached hydrogens (primary N) is 2. The lowest BCUT2D eigenvalue weighted by atomic mass is 10.0. The average Bonchev–Trinajstić information content (AvgIpc) is 3.22. The number of anilines is 3. The van der Waals surface area contributed by atoms with Gasteiger partial charge in [0, 0.05) is 5.69 Å². The lowest BCUT2D eigenvalue weighted by Gasteiger charge is -2.18. The highest BCUT2D eigenvalue weighted by atomic mass is 16.1.